The van der Waals surface area contributed by atoms with Crippen molar-refractivity contribution in [1.29, 1.82) is 0 Å². The molecular formula is C17H14BrClN2O2. The molecule has 2 aliphatic heterocycles. The van der Waals surface area contributed by atoms with E-state index in [1.54, 1.807) is 17.0 Å². The highest BCUT2D eigenvalue weighted by Crippen LogP contribution is 2.46. The maximum absolute atomic E-state index is 12.7. The number of hydrogen-bond donors (Lipinski definition) is 1. The summed E-state index contributed by atoms with van der Waals surface area (Å²) in [6.07, 6.45) is 0.661. The predicted molar refractivity (Wildman–Crippen MR) is 93.0 cm³/mol. The summed E-state index contributed by atoms with van der Waals surface area (Å²) in [5.41, 5.74) is 0.964. The van der Waals surface area contributed by atoms with E-state index in [9.17, 15) is 4.79 Å². The van der Waals surface area contributed by atoms with Gasteiger partial charge in [-0.15, -0.1) is 0 Å². The maximum Gasteiger partial charge on any atom is 0.325 e. The van der Waals surface area contributed by atoms with Crippen molar-refractivity contribution < 1.29 is 9.53 Å². The van der Waals surface area contributed by atoms with Crippen molar-refractivity contribution in [2.45, 2.75) is 25.1 Å². The third-order valence-corrected chi connectivity index (χ3v) is 5.03. The first kappa shape index (κ1) is 14.8. The maximum atomic E-state index is 12.7. The first-order chi connectivity index (χ1) is 11.0. The van der Waals surface area contributed by atoms with Crippen LogP contribution in [-0.4, -0.2) is 11.8 Å². The first-order valence-electron chi connectivity index (χ1n) is 7.31. The molecule has 2 amide bonds. The number of benzene rings is 2. The number of nitrogens with zero attached hydrogens (tertiary/aromatic N) is 1. The number of hydrogen-bond acceptors (Lipinski definition) is 2. The van der Waals surface area contributed by atoms with Gasteiger partial charge in [0.25, 0.3) is 0 Å². The van der Waals surface area contributed by atoms with Crippen molar-refractivity contribution in [3.8, 4) is 5.75 Å². The van der Waals surface area contributed by atoms with Crippen LogP contribution in [0, 0.1) is 0 Å². The van der Waals surface area contributed by atoms with E-state index in [-0.39, 0.29) is 12.1 Å². The van der Waals surface area contributed by atoms with Crippen LogP contribution in [0.25, 0.3) is 0 Å². The van der Waals surface area contributed by atoms with Gasteiger partial charge in [-0.05, 0) is 43.3 Å². The van der Waals surface area contributed by atoms with E-state index in [0.29, 0.717) is 11.4 Å². The molecule has 0 radical (unpaired) electrons. The standard InChI is InChI=1S/C17H14BrClN2O2/c1-17-9-14(13-7-10(18)5-6-15(13)23-17)20-16(22)21(17)12-4-2-3-11(19)8-12/h2-8,14H,9H2,1H3,(H,20,22). The van der Waals surface area contributed by atoms with Crippen LogP contribution >= 0.6 is 27.5 Å². The number of anilines is 1. The van der Waals surface area contributed by atoms with E-state index in [2.05, 4.69) is 21.2 Å². The molecule has 0 aliphatic carbocycles. The fourth-order valence-corrected chi connectivity index (χ4v) is 3.91. The number of amides is 2. The Morgan fingerprint density at radius 2 is 2.17 bits per heavy atom. The van der Waals surface area contributed by atoms with Crippen molar-refractivity contribution in [2.24, 2.45) is 0 Å². The van der Waals surface area contributed by atoms with Crippen LogP contribution in [0.4, 0.5) is 10.5 Å². The Morgan fingerprint density at radius 3 is 2.96 bits per heavy atom. The fraction of sp³-hybridized carbons (Fsp3) is 0.235. The van der Waals surface area contributed by atoms with E-state index in [4.69, 9.17) is 16.3 Å². The van der Waals surface area contributed by atoms with Gasteiger partial charge in [-0.2, -0.15) is 0 Å². The number of fused-ring (bicyclic) bond motifs is 4. The molecule has 118 valence electrons. The minimum absolute atomic E-state index is 0.0656. The summed E-state index contributed by atoms with van der Waals surface area (Å²) in [4.78, 5) is 14.3. The Labute approximate surface area is 147 Å². The summed E-state index contributed by atoms with van der Waals surface area (Å²) < 4.78 is 7.19. The first-order valence-corrected chi connectivity index (χ1v) is 8.48. The minimum atomic E-state index is -0.751. The van der Waals surface area contributed by atoms with Crippen LogP contribution < -0.4 is 15.0 Å². The minimum Gasteiger partial charge on any atom is -0.467 e. The summed E-state index contributed by atoms with van der Waals surface area (Å²) in [6, 6.07) is 12.9. The quantitative estimate of drug-likeness (QED) is 0.751. The molecule has 0 aromatic heterocycles. The van der Waals surface area contributed by atoms with Crippen LogP contribution in [0.2, 0.25) is 5.02 Å². The van der Waals surface area contributed by atoms with E-state index in [0.717, 1.165) is 21.5 Å². The molecule has 1 fully saturated rings. The van der Waals surface area contributed by atoms with Crippen molar-refractivity contribution in [3.63, 3.8) is 0 Å². The van der Waals surface area contributed by atoms with Crippen molar-refractivity contribution >= 4 is 39.2 Å². The SMILES string of the molecule is CC12CC(NC(=O)N1c1cccc(Cl)c1)c1cc(Br)ccc1O2. The summed E-state index contributed by atoms with van der Waals surface area (Å²) >= 11 is 9.56. The Hall–Kier alpha value is -1.72. The molecule has 2 bridgehead atoms. The monoisotopic (exact) mass is 392 g/mol. The lowest BCUT2D eigenvalue weighted by atomic mass is 9.90. The third kappa shape index (κ3) is 2.39. The molecule has 1 saturated heterocycles. The smallest absolute Gasteiger partial charge is 0.325 e. The van der Waals surface area contributed by atoms with Crippen molar-refractivity contribution in [3.05, 3.63) is 57.5 Å². The molecule has 2 aromatic carbocycles. The molecule has 2 heterocycles. The number of rotatable bonds is 1. The average molecular weight is 394 g/mol. The molecule has 1 N–H and O–H groups in total. The van der Waals surface area contributed by atoms with Crippen LogP contribution in [0.3, 0.4) is 0 Å². The van der Waals surface area contributed by atoms with Crippen molar-refractivity contribution in [2.75, 3.05) is 4.90 Å². The average Bonchev–Trinajstić information content (AvgIpc) is 2.47. The second-order valence-corrected chi connectivity index (χ2v) is 7.33. The highest BCUT2D eigenvalue weighted by atomic mass is 79.9. The van der Waals surface area contributed by atoms with E-state index in [1.165, 1.54) is 0 Å². The van der Waals surface area contributed by atoms with Crippen LogP contribution in [0.15, 0.2) is 46.9 Å². The number of carbonyl (C=O) groups is 1. The van der Waals surface area contributed by atoms with Gasteiger partial charge < -0.3 is 10.1 Å². The lowest BCUT2D eigenvalue weighted by Gasteiger charge is -2.50. The number of urea groups is 1. The van der Waals surface area contributed by atoms with Gasteiger partial charge in [0.1, 0.15) is 5.75 Å². The lowest BCUT2D eigenvalue weighted by molar-refractivity contribution is 0.0378. The van der Waals surface area contributed by atoms with Gasteiger partial charge >= 0.3 is 6.03 Å². The number of ether oxygens (including phenoxy) is 1. The second kappa shape index (κ2) is 5.14. The normalized spacial score (nSPS) is 25.4. The molecule has 0 spiro atoms. The molecule has 2 unspecified atom stereocenters. The number of carbonyl (C=O) groups excluding carboxylic acids is 1. The highest BCUT2D eigenvalue weighted by Gasteiger charge is 2.49. The molecule has 2 aliphatic rings. The third-order valence-electron chi connectivity index (χ3n) is 4.30. The largest absolute Gasteiger partial charge is 0.467 e. The highest BCUT2D eigenvalue weighted by molar-refractivity contribution is 9.10. The zero-order chi connectivity index (χ0) is 16.2. The van der Waals surface area contributed by atoms with Crippen LogP contribution in [-0.2, 0) is 0 Å². The summed E-state index contributed by atoms with van der Waals surface area (Å²) in [6.45, 7) is 1.94. The topological polar surface area (TPSA) is 41.6 Å². The molecule has 2 aromatic rings. The van der Waals surface area contributed by atoms with Gasteiger partial charge in [0.15, 0.2) is 5.72 Å². The Bertz CT molecular complexity index is 813. The Kier molecular flexibility index (Phi) is 3.32. The molecule has 6 heteroatoms. The van der Waals surface area contributed by atoms with Crippen LogP contribution in [0.5, 0.6) is 5.75 Å². The van der Waals surface area contributed by atoms with E-state index >= 15 is 0 Å². The summed E-state index contributed by atoms with van der Waals surface area (Å²) in [5.74, 6) is 0.791. The van der Waals surface area contributed by atoms with Gasteiger partial charge in [0, 0.05) is 21.5 Å². The van der Waals surface area contributed by atoms with E-state index < -0.39 is 5.72 Å². The summed E-state index contributed by atoms with van der Waals surface area (Å²) in [5, 5.41) is 3.65. The second-order valence-electron chi connectivity index (χ2n) is 5.98. The zero-order valence-electron chi connectivity index (χ0n) is 12.3. The summed E-state index contributed by atoms with van der Waals surface area (Å²) in [7, 11) is 0. The Morgan fingerprint density at radius 1 is 1.35 bits per heavy atom. The molecule has 2 atom stereocenters. The van der Waals surface area contributed by atoms with Crippen molar-refractivity contribution in [1.82, 2.24) is 5.32 Å². The molecular weight excluding hydrogens is 380 g/mol. The van der Waals surface area contributed by atoms with Gasteiger partial charge in [0.05, 0.1) is 11.7 Å². The van der Waals surface area contributed by atoms with Crippen LogP contribution in [0.1, 0.15) is 24.9 Å². The lowest BCUT2D eigenvalue weighted by Crippen LogP contribution is -2.65. The Balaban J connectivity index is 1.81. The van der Waals surface area contributed by atoms with E-state index in [1.807, 2.05) is 37.3 Å². The molecule has 4 rings (SSSR count). The molecule has 23 heavy (non-hydrogen) atoms. The fourth-order valence-electron chi connectivity index (χ4n) is 3.35. The molecule has 4 nitrogen and oxygen atoms in total. The number of nitrogens with one attached hydrogen (secondary N) is 1. The predicted octanol–water partition coefficient (Wildman–Crippen LogP) is 4.87. The molecule has 0 saturated carbocycles. The zero-order valence-corrected chi connectivity index (χ0v) is 14.7. The van der Waals surface area contributed by atoms with Gasteiger partial charge in [-0.1, -0.05) is 33.6 Å². The van der Waals surface area contributed by atoms with Gasteiger partial charge in [0.2, 0.25) is 0 Å². The van der Waals surface area contributed by atoms with Gasteiger partial charge in [-0.25, -0.2) is 4.79 Å². The van der Waals surface area contributed by atoms with Gasteiger partial charge in [-0.3, -0.25) is 4.90 Å². The number of halogens is 2.